The second kappa shape index (κ2) is 12.4. The fraction of sp³-hybridized carbons (Fsp3) is 0.500. The number of rotatable bonds is 6. The van der Waals surface area contributed by atoms with Gasteiger partial charge >= 0.3 is 0 Å². The van der Waals surface area contributed by atoms with Crippen molar-refractivity contribution in [2.24, 2.45) is 5.92 Å². The molecule has 5 heteroatoms. The fourth-order valence-corrected chi connectivity index (χ4v) is 4.72. The van der Waals surface area contributed by atoms with Gasteiger partial charge in [-0.3, -0.25) is 4.90 Å². The summed E-state index contributed by atoms with van der Waals surface area (Å²) < 4.78 is 6.13. The van der Waals surface area contributed by atoms with Gasteiger partial charge in [0.15, 0.2) is 0 Å². The number of hydrogen-bond acceptors (Lipinski definition) is 3. The third-order valence-electron chi connectivity index (χ3n) is 6.09. The zero-order valence-corrected chi connectivity index (χ0v) is 18.7. The highest BCUT2D eigenvalue weighted by molar-refractivity contribution is 5.85. The Labute approximate surface area is 188 Å². The number of benzene rings is 2. The lowest BCUT2D eigenvalue weighted by atomic mass is 9.80. The molecule has 1 aliphatic heterocycles. The molecule has 0 aromatic heterocycles. The minimum atomic E-state index is 0. The molecule has 1 saturated heterocycles. The molecule has 1 atom stereocenters. The Hall–Kier alpha value is -1.26. The van der Waals surface area contributed by atoms with Gasteiger partial charge in [0.1, 0.15) is 12.4 Å². The van der Waals surface area contributed by atoms with Crippen LogP contribution in [0.5, 0.6) is 5.75 Å². The first-order chi connectivity index (χ1) is 13.4. The van der Waals surface area contributed by atoms with E-state index in [0.29, 0.717) is 12.6 Å². The molecule has 3 nitrogen and oxygen atoms in total. The van der Waals surface area contributed by atoms with Gasteiger partial charge in [-0.05, 0) is 42.0 Å². The number of hydrogen-bond donors (Lipinski definition) is 1. The molecule has 1 N–H and O–H groups in total. The zero-order chi connectivity index (χ0) is 18.3. The Morgan fingerprint density at radius 1 is 0.897 bits per heavy atom. The van der Waals surface area contributed by atoms with Crippen molar-refractivity contribution in [2.75, 3.05) is 26.2 Å². The quantitative estimate of drug-likeness (QED) is 0.634. The van der Waals surface area contributed by atoms with Crippen molar-refractivity contribution in [1.82, 2.24) is 10.2 Å². The van der Waals surface area contributed by atoms with Crippen molar-refractivity contribution < 1.29 is 4.74 Å². The lowest BCUT2D eigenvalue weighted by molar-refractivity contribution is 0.103. The molecule has 2 aliphatic rings. The number of nitrogens with one attached hydrogen (secondary N) is 1. The maximum atomic E-state index is 6.13. The molecule has 0 radical (unpaired) electrons. The van der Waals surface area contributed by atoms with Crippen LogP contribution in [0.15, 0.2) is 54.6 Å². The fourth-order valence-electron chi connectivity index (χ4n) is 4.72. The zero-order valence-electron chi connectivity index (χ0n) is 17.1. The number of piperazine rings is 1. The smallest absolute Gasteiger partial charge is 0.120 e. The highest BCUT2D eigenvalue weighted by atomic mass is 35.5. The number of nitrogens with zero attached hydrogens (tertiary/aromatic N) is 1. The maximum absolute atomic E-state index is 6.13. The Balaban J connectivity index is 0.00000150. The molecule has 2 fully saturated rings. The monoisotopic (exact) mass is 436 g/mol. The Kier molecular flexibility index (Phi) is 10.3. The van der Waals surface area contributed by atoms with Crippen molar-refractivity contribution in [2.45, 2.75) is 44.8 Å². The van der Waals surface area contributed by atoms with E-state index in [-0.39, 0.29) is 24.8 Å². The average Bonchev–Trinajstić information content (AvgIpc) is 2.75. The van der Waals surface area contributed by atoms with Gasteiger partial charge in [0, 0.05) is 32.2 Å². The van der Waals surface area contributed by atoms with E-state index in [1.807, 2.05) is 6.07 Å². The minimum Gasteiger partial charge on any atom is -0.489 e. The van der Waals surface area contributed by atoms with E-state index in [4.69, 9.17) is 4.74 Å². The lowest BCUT2D eigenvalue weighted by Gasteiger charge is -2.41. The molecule has 160 valence electrons. The van der Waals surface area contributed by atoms with Crippen LogP contribution in [-0.4, -0.2) is 31.1 Å². The standard InChI is InChI=1S/C24H32N2O.2ClH/c1-3-8-20(9-4-1)19-27-23-13-7-12-22(18-23)24(21-10-5-2-6-11-21)26-16-14-25-15-17-26;;/h1,3-4,7-9,12-13,18,21,24-25H,2,5-6,10-11,14-17,19H2;2*1H/t24-;;/m0../s1. The summed E-state index contributed by atoms with van der Waals surface area (Å²) in [6, 6.07) is 19.8. The van der Waals surface area contributed by atoms with Gasteiger partial charge < -0.3 is 10.1 Å². The van der Waals surface area contributed by atoms with Crippen LogP contribution in [0.4, 0.5) is 0 Å². The third-order valence-corrected chi connectivity index (χ3v) is 6.09. The topological polar surface area (TPSA) is 24.5 Å². The summed E-state index contributed by atoms with van der Waals surface area (Å²) in [5.41, 5.74) is 2.66. The Bertz CT molecular complexity index is 683. The van der Waals surface area contributed by atoms with Crippen LogP contribution in [0.3, 0.4) is 0 Å². The predicted octanol–water partition coefficient (Wildman–Crippen LogP) is 5.64. The van der Waals surface area contributed by atoms with E-state index in [1.165, 1.54) is 43.2 Å². The molecule has 0 unspecified atom stereocenters. The highest BCUT2D eigenvalue weighted by Gasteiger charge is 2.31. The van der Waals surface area contributed by atoms with Crippen LogP contribution in [0, 0.1) is 5.92 Å². The van der Waals surface area contributed by atoms with E-state index in [9.17, 15) is 0 Å². The summed E-state index contributed by atoms with van der Waals surface area (Å²) >= 11 is 0. The van der Waals surface area contributed by atoms with Crippen LogP contribution < -0.4 is 10.1 Å². The van der Waals surface area contributed by atoms with Crippen molar-refractivity contribution in [3.8, 4) is 5.75 Å². The molecule has 0 amide bonds. The molecule has 4 rings (SSSR count). The summed E-state index contributed by atoms with van der Waals surface area (Å²) in [6.45, 7) is 5.14. The number of halogens is 2. The van der Waals surface area contributed by atoms with Gasteiger partial charge in [-0.1, -0.05) is 61.7 Å². The van der Waals surface area contributed by atoms with Crippen LogP contribution in [0.25, 0.3) is 0 Å². The van der Waals surface area contributed by atoms with Gasteiger partial charge in [-0.15, -0.1) is 24.8 Å². The summed E-state index contributed by atoms with van der Waals surface area (Å²) in [7, 11) is 0. The normalized spacial score (nSPS) is 18.9. The minimum absolute atomic E-state index is 0. The SMILES string of the molecule is Cl.Cl.c1ccc(COc2cccc([C@H](C3CCCCC3)N3CCNCC3)c2)cc1. The molecular formula is C24H34Cl2N2O. The summed E-state index contributed by atoms with van der Waals surface area (Å²) in [4.78, 5) is 2.71. The van der Waals surface area contributed by atoms with E-state index in [2.05, 4.69) is 58.7 Å². The largest absolute Gasteiger partial charge is 0.489 e. The molecule has 2 aromatic carbocycles. The molecule has 1 aliphatic carbocycles. The van der Waals surface area contributed by atoms with Crippen LogP contribution in [0.1, 0.15) is 49.3 Å². The average molecular weight is 437 g/mol. The van der Waals surface area contributed by atoms with Gasteiger partial charge in [-0.2, -0.15) is 0 Å². The maximum Gasteiger partial charge on any atom is 0.120 e. The molecule has 0 bridgehead atoms. The van der Waals surface area contributed by atoms with Crippen molar-refractivity contribution in [3.05, 3.63) is 65.7 Å². The Morgan fingerprint density at radius 3 is 2.34 bits per heavy atom. The van der Waals surface area contributed by atoms with Gasteiger partial charge in [0.25, 0.3) is 0 Å². The first kappa shape index (κ1) is 24.0. The molecule has 29 heavy (non-hydrogen) atoms. The number of ether oxygens (including phenoxy) is 1. The lowest BCUT2D eigenvalue weighted by Crippen LogP contribution is -2.47. The molecule has 0 spiro atoms. The van der Waals surface area contributed by atoms with E-state index >= 15 is 0 Å². The van der Waals surface area contributed by atoms with Gasteiger partial charge in [-0.25, -0.2) is 0 Å². The summed E-state index contributed by atoms with van der Waals surface area (Å²) in [5.74, 6) is 1.77. The van der Waals surface area contributed by atoms with Crippen molar-refractivity contribution in [1.29, 1.82) is 0 Å². The van der Waals surface area contributed by atoms with Crippen LogP contribution in [-0.2, 0) is 6.61 Å². The first-order valence-electron chi connectivity index (χ1n) is 10.6. The molecule has 1 heterocycles. The van der Waals surface area contributed by atoms with Crippen molar-refractivity contribution >= 4 is 24.8 Å². The predicted molar refractivity (Wildman–Crippen MR) is 125 cm³/mol. The molecular weight excluding hydrogens is 403 g/mol. The van der Waals surface area contributed by atoms with Gasteiger partial charge in [0.2, 0.25) is 0 Å². The molecule has 2 aromatic rings. The van der Waals surface area contributed by atoms with E-state index in [0.717, 1.165) is 37.8 Å². The third kappa shape index (κ3) is 6.62. The van der Waals surface area contributed by atoms with Crippen LogP contribution in [0.2, 0.25) is 0 Å². The van der Waals surface area contributed by atoms with Crippen molar-refractivity contribution in [3.63, 3.8) is 0 Å². The van der Waals surface area contributed by atoms with Crippen LogP contribution >= 0.6 is 24.8 Å². The molecule has 1 saturated carbocycles. The van der Waals surface area contributed by atoms with E-state index < -0.39 is 0 Å². The summed E-state index contributed by atoms with van der Waals surface area (Å²) in [6.07, 6.45) is 6.91. The van der Waals surface area contributed by atoms with E-state index in [1.54, 1.807) is 0 Å². The van der Waals surface area contributed by atoms with Gasteiger partial charge in [0.05, 0.1) is 0 Å². The first-order valence-corrected chi connectivity index (χ1v) is 10.6. The highest BCUT2D eigenvalue weighted by Crippen LogP contribution is 2.39. The summed E-state index contributed by atoms with van der Waals surface area (Å²) in [5, 5.41) is 3.51. The second-order valence-electron chi connectivity index (χ2n) is 7.98. The second-order valence-corrected chi connectivity index (χ2v) is 7.98. The Morgan fingerprint density at radius 2 is 1.62 bits per heavy atom.